The molecule has 3 rings (SSSR count). The highest BCUT2D eigenvalue weighted by Gasteiger charge is 2.36. The molecule has 3 N–H and O–H groups in total. The summed E-state index contributed by atoms with van der Waals surface area (Å²) >= 11 is 0. The van der Waals surface area contributed by atoms with E-state index in [9.17, 15) is 4.79 Å². The lowest BCUT2D eigenvalue weighted by atomic mass is 9.97. The van der Waals surface area contributed by atoms with Gasteiger partial charge in [0, 0.05) is 12.5 Å². The van der Waals surface area contributed by atoms with Crippen molar-refractivity contribution < 1.29 is 9.53 Å². The van der Waals surface area contributed by atoms with E-state index in [0.29, 0.717) is 19.1 Å². The molecule has 0 bridgehead atoms. The molecular weight excluding hydrogens is 264 g/mol. The number of carbonyl (C=O) groups excluding carboxylic acids is 1. The van der Waals surface area contributed by atoms with Gasteiger partial charge in [0.1, 0.15) is 5.75 Å². The highest BCUT2D eigenvalue weighted by Crippen LogP contribution is 2.27. The van der Waals surface area contributed by atoms with Gasteiger partial charge in [-0.2, -0.15) is 0 Å². The molecule has 2 aliphatic rings. The Balaban J connectivity index is 1.55. The van der Waals surface area contributed by atoms with Gasteiger partial charge in [0.05, 0.1) is 12.1 Å². The van der Waals surface area contributed by atoms with Crippen LogP contribution in [0.5, 0.6) is 5.75 Å². The van der Waals surface area contributed by atoms with Crippen molar-refractivity contribution in [1.29, 1.82) is 0 Å². The minimum Gasteiger partial charge on any atom is -0.494 e. The quantitative estimate of drug-likeness (QED) is 0.806. The molecule has 4 nitrogen and oxygen atoms in total. The first kappa shape index (κ1) is 14.4. The van der Waals surface area contributed by atoms with Gasteiger partial charge in [-0.3, -0.25) is 4.79 Å². The van der Waals surface area contributed by atoms with Gasteiger partial charge >= 0.3 is 0 Å². The molecule has 0 aromatic heterocycles. The average Bonchev–Trinajstić information content (AvgIpc) is 3.13. The van der Waals surface area contributed by atoms with E-state index in [2.05, 4.69) is 17.4 Å². The maximum absolute atomic E-state index is 11.7. The Bertz CT molecular complexity index is 540. The molecule has 0 saturated heterocycles. The van der Waals surface area contributed by atoms with E-state index in [1.165, 1.54) is 24.0 Å². The van der Waals surface area contributed by atoms with Crippen LogP contribution >= 0.6 is 0 Å². The third-order valence-corrected chi connectivity index (χ3v) is 4.58. The van der Waals surface area contributed by atoms with Crippen LogP contribution in [0.15, 0.2) is 18.2 Å². The minimum atomic E-state index is -0.669. The molecule has 2 aliphatic carbocycles. The molecule has 0 radical (unpaired) electrons. The summed E-state index contributed by atoms with van der Waals surface area (Å²) < 4.78 is 5.83. The number of ether oxygens (including phenoxy) is 1. The molecule has 0 aliphatic heterocycles. The zero-order valence-corrected chi connectivity index (χ0v) is 12.7. The molecule has 1 atom stereocenters. The van der Waals surface area contributed by atoms with Crippen LogP contribution in [-0.2, 0) is 17.6 Å². The summed E-state index contributed by atoms with van der Waals surface area (Å²) in [5, 5.41) is 3.34. The van der Waals surface area contributed by atoms with Crippen molar-refractivity contribution in [2.45, 2.75) is 57.0 Å². The molecule has 1 saturated carbocycles. The fraction of sp³-hybridized carbons (Fsp3) is 0.588. The van der Waals surface area contributed by atoms with E-state index in [-0.39, 0.29) is 5.91 Å². The highest BCUT2D eigenvalue weighted by atomic mass is 16.5. The van der Waals surface area contributed by atoms with Crippen molar-refractivity contribution in [2.24, 2.45) is 5.73 Å². The SMILES string of the molecule is CC(CCOc1ccc2c(c1)CCC2)(NC1CC1)C(N)=O. The monoisotopic (exact) mass is 288 g/mol. The number of nitrogens with two attached hydrogens (primary N) is 1. The second kappa shape index (κ2) is 5.68. The molecule has 0 spiro atoms. The van der Waals surface area contributed by atoms with Crippen LogP contribution in [0.25, 0.3) is 0 Å². The number of aryl methyl sites for hydroxylation is 2. The second-order valence-corrected chi connectivity index (χ2v) is 6.50. The summed E-state index contributed by atoms with van der Waals surface area (Å²) in [7, 11) is 0. The molecule has 21 heavy (non-hydrogen) atoms. The van der Waals surface area contributed by atoms with Crippen LogP contribution in [0.2, 0.25) is 0 Å². The van der Waals surface area contributed by atoms with Crippen molar-refractivity contribution >= 4 is 5.91 Å². The normalized spacial score (nSPS) is 19.9. The van der Waals surface area contributed by atoms with Gasteiger partial charge in [-0.25, -0.2) is 0 Å². The van der Waals surface area contributed by atoms with E-state index in [0.717, 1.165) is 25.0 Å². The lowest BCUT2D eigenvalue weighted by Gasteiger charge is -2.27. The first-order valence-corrected chi connectivity index (χ1v) is 7.89. The zero-order valence-electron chi connectivity index (χ0n) is 12.7. The number of hydrogen-bond donors (Lipinski definition) is 2. The lowest BCUT2D eigenvalue weighted by molar-refractivity contribution is -0.124. The largest absolute Gasteiger partial charge is 0.494 e. The van der Waals surface area contributed by atoms with Crippen molar-refractivity contribution in [3.8, 4) is 5.75 Å². The molecule has 1 amide bonds. The molecule has 1 aromatic carbocycles. The molecule has 1 unspecified atom stereocenters. The van der Waals surface area contributed by atoms with E-state index >= 15 is 0 Å². The second-order valence-electron chi connectivity index (χ2n) is 6.50. The average molecular weight is 288 g/mol. The summed E-state index contributed by atoms with van der Waals surface area (Å²) in [6.45, 7) is 2.37. The summed E-state index contributed by atoms with van der Waals surface area (Å²) in [6, 6.07) is 6.77. The minimum absolute atomic E-state index is 0.299. The predicted octanol–water partition coefficient (Wildman–Crippen LogP) is 1.94. The summed E-state index contributed by atoms with van der Waals surface area (Å²) in [4.78, 5) is 11.7. The third-order valence-electron chi connectivity index (χ3n) is 4.58. The topological polar surface area (TPSA) is 64.3 Å². The summed E-state index contributed by atoms with van der Waals surface area (Å²) in [6.07, 6.45) is 6.43. The Labute approximate surface area is 126 Å². The Morgan fingerprint density at radius 2 is 2.14 bits per heavy atom. The highest BCUT2D eigenvalue weighted by molar-refractivity contribution is 5.84. The van der Waals surface area contributed by atoms with Crippen molar-refractivity contribution in [3.05, 3.63) is 29.3 Å². The van der Waals surface area contributed by atoms with Crippen LogP contribution < -0.4 is 15.8 Å². The molecule has 1 aromatic rings. The number of amides is 1. The number of carbonyl (C=O) groups is 1. The standard InChI is InChI=1S/C17H24N2O2/c1-17(16(18)20,19-14-6-7-14)9-10-21-15-8-5-12-3-2-4-13(12)11-15/h5,8,11,14,19H,2-4,6-7,9-10H2,1H3,(H2,18,20). The molecular formula is C17H24N2O2. The summed E-state index contributed by atoms with van der Waals surface area (Å²) in [5.41, 5.74) is 7.72. The van der Waals surface area contributed by atoms with Gasteiger partial charge in [0.2, 0.25) is 5.91 Å². The first-order valence-electron chi connectivity index (χ1n) is 7.89. The Hall–Kier alpha value is -1.55. The van der Waals surface area contributed by atoms with Gasteiger partial charge < -0.3 is 15.8 Å². The molecule has 114 valence electrons. The number of primary amides is 1. The van der Waals surface area contributed by atoms with Crippen molar-refractivity contribution in [3.63, 3.8) is 0 Å². The van der Waals surface area contributed by atoms with E-state index in [1.807, 2.05) is 13.0 Å². The number of hydrogen-bond acceptors (Lipinski definition) is 3. The van der Waals surface area contributed by atoms with Crippen LogP contribution in [-0.4, -0.2) is 24.1 Å². The maximum atomic E-state index is 11.7. The Morgan fingerprint density at radius 1 is 1.38 bits per heavy atom. The van der Waals surface area contributed by atoms with Crippen LogP contribution in [0.3, 0.4) is 0 Å². The maximum Gasteiger partial charge on any atom is 0.237 e. The van der Waals surface area contributed by atoms with E-state index < -0.39 is 5.54 Å². The predicted molar refractivity (Wildman–Crippen MR) is 82.3 cm³/mol. The Kier molecular flexibility index (Phi) is 3.89. The molecule has 4 heteroatoms. The molecule has 1 fully saturated rings. The first-order chi connectivity index (χ1) is 10.1. The number of benzene rings is 1. The fourth-order valence-corrected chi connectivity index (χ4v) is 2.96. The summed E-state index contributed by atoms with van der Waals surface area (Å²) in [5.74, 6) is 0.598. The van der Waals surface area contributed by atoms with Crippen molar-refractivity contribution in [1.82, 2.24) is 5.32 Å². The van der Waals surface area contributed by atoms with Crippen molar-refractivity contribution in [2.75, 3.05) is 6.61 Å². The number of nitrogens with one attached hydrogen (secondary N) is 1. The number of rotatable bonds is 7. The molecule has 0 heterocycles. The zero-order chi connectivity index (χ0) is 14.9. The lowest BCUT2D eigenvalue weighted by Crippen LogP contribution is -2.54. The van der Waals surface area contributed by atoms with E-state index in [1.54, 1.807) is 0 Å². The van der Waals surface area contributed by atoms with Gasteiger partial charge in [-0.1, -0.05) is 6.07 Å². The van der Waals surface area contributed by atoms with Crippen LogP contribution in [0.1, 0.15) is 43.7 Å². The van der Waals surface area contributed by atoms with Gasteiger partial charge in [-0.15, -0.1) is 0 Å². The van der Waals surface area contributed by atoms with Crippen LogP contribution in [0, 0.1) is 0 Å². The van der Waals surface area contributed by atoms with Gasteiger partial charge in [-0.05, 0) is 62.3 Å². The Morgan fingerprint density at radius 3 is 2.86 bits per heavy atom. The third kappa shape index (κ3) is 3.38. The smallest absolute Gasteiger partial charge is 0.237 e. The van der Waals surface area contributed by atoms with Gasteiger partial charge in [0.25, 0.3) is 0 Å². The number of fused-ring (bicyclic) bond motifs is 1. The van der Waals surface area contributed by atoms with E-state index in [4.69, 9.17) is 10.5 Å². The van der Waals surface area contributed by atoms with Crippen LogP contribution in [0.4, 0.5) is 0 Å². The fourth-order valence-electron chi connectivity index (χ4n) is 2.96. The van der Waals surface area contributed by atoms with Gasteiger partial charge in [0.15, 0.2) is 0 Å².